The molecule has 0 saturated carbocycles. The van der Waals surface area contributed by atoms with Gasteiger partial charge in [-0.1, -0.05) is 11.6 Å². The average Bonchev–Trinajstić information content (AvgIpc) is 2.33. The number of halogens is 1. The Balaban J connectivity index is 2.17. The van der Waals surface area contributed by atoms with Crippen LogP contribution in [0.25, 0.3) is 0 Å². The van der Waals surface area contributed by atoms with Gasteiger partial charge < -0.3 is 10.6 Å². The van der Waals surface area contributed by atoms with Gasteiger partial charge in [0.2, 0.25) is 5.91 Å². The molecule has 0 aromatic carbocycles. The highest BCUT2D eigenvalue weighted by molar-refractivity contribution is 6.31. The smallest absolute Gasteiger partial charge is 0.227 e. The quantitative estimate of drug-likeness (QED) is 0.673. The maximum Gasteiger partial charge on any atom is 0.227 e. The van der Waals surface area contributed by atoms with Crippen molar-refractivity contribution >= 4 is 17.5 Å². The summed E-state index contributed by atoms with van der Waals surface area (Å²) in [5, 5.41) is 6.92. The minimum absolute atomic E-state index is 0.0860. The summed E-state index contributed by atoms with van der Waals surface area (Å²) >= 11 is 6.05. The van der Waals surface area contributed by atoms with E-state index in [2.05, 4.69) is 17.6 Å². The molecule has 3 nitrogen and oxygen atoms in total. The molecule has 1 aliphatic carbocycles. The van der Waals surface area contributed by atoms with Crippen LogP contribution >= 0.6 is 11.6 Å². The van der Waals surface area contributed by atoms with Gasteiger partial charge in [0.1, 0.15) is 0 Å². The van der Waals surface area contributed by atoms with E-state index in [1.165, 1.54) is 11.3 Å². The van der Waals surface area contributed by atoms with E-state index >= 15 is 0 Å². The van der Waals surface area contributed by atoms with Gasteiger partial charge in [0.25, 0.3) is 0 Å². The standard InChI is InChI=1S/C12H13ClN2O/c1-6-8-3-7(13)5-14-9-4-12(2,10(8)9)15-11(6)16/h3,5-6,14H,4H2,1-2H3,(H,15,16). The fourth-order valence-electron chi connectivity index (χ4n) is 2.76. The Kier molecular flexibility index (Phi) is 1.82. The van der Waals surface area contributed by atoms with E-state index in [-0.39, 0.29) is 17.4 Å². The summed E-state index contributed by atoms with van der Waals surface area (Å²) < 4.78 is 0. The predicted octanol–water partition coefficient (Wildman–Crippen LogP) is 1.78. The monoisotopic (exact) mass is 236 g/mol. The predicted molar refractivity (Wildman–Crippen MR) is 62.5 cm³/mol. The fraction of sp³-hybridized carbons (Fsp3) is 0.417. The zero-order chi connectivity index (χ0) is 11.5. The number of nitrogens with one attached hydrogen (secondary N) is 2. The molecule has 16 heavy (non-hydrogen) atoms. The van der Waals surface area contributed by atoms with Crippen LogP contribution in [0.1, 0.15) is 20.3 Å². The summed E-state index contributed by atoms with van der Waals surface area (Å²) in [4.78, 5) is 11.9. The first-order valence-electron chi connectivity index (χ1n) is 5.41. The number of piperidine rings is 1. The lowest BCUT2D eigenvalue weighted by molar-refractivity contribution is -0.126. The van der Waals surface area contributed by atoms with Crippen LogP contribution in [0.15, 0.2) is 34.2 Å². The van der Waals surface area contributed by atoms with Crippen LogP contribution in [0.2, 0.25) is 0 Å². The van der Waals surface area contributed by atoms with E-state index in [9.17, 15) is 4.79 Å². The molecule has 1 amide bonds. The molecule has 84 valence electrons. The zero-order valence-corrected chi connectivity index (χ0v) is 9.98. The van der Waals surface area contributed by atoms with Gasteiger partial charge in [0, 0.05) is 23.9 Å². The van der Waals surface area contributed by atoms with Crippen molar-refractivity contribution in [3.8, 4) is 0 Å². The third-order valence-electron chi connectivity index (χ3n) is 3.61. The van der Waals surface area contributed by atoms with Crippen molar-refractivity contribution in [3.05, 3.63) is 34.2 Å². The van der Waals surface area contributed by atoms with Gasteiger partial charge in [-0.3, -0.25) is 4.79 Å². The molecule has 3 aliphatic rings. The lowest BCUT2D eigenvalue weighted by atomic mass is 9.66. The number of rotatable bonds is 0. The average molecular weight is 237 g/mol. The molecular formula is C12H13ClN2O. The Labute approximate surface area is 99.2 Å². The first-order valence-corrected chi connectivity index (χ1v) is 5.79. The Morgan fingerprint density at radius 1 is 1.56 bits per heavy atom. The van der Waals surface area contributed by atoms with Crippen molar-refractivity contribution in [2.45, 2.75) is 25.8 Å². The zero-order valence-electron chi connectivity index (χ0n) is 9.23. The molecule has 2 N–H and O–H groups in total. The number of hydrogen-bond acceptors (Lipinski definition) is 2. The Morgan fingerprint density at radius 3 is 3.06 bits per heavy atom. The molecule has 2 atom stereocenters. The number of hydrogen-bond donors (Lipinski definition) is 2. The van der Waals surface area contributed by atoms with E-state index in [0.717, 1.165) is 12.0 Å². The summed E-state index contributed by atoms with van der Waals surface area (Å²) in [5.41, 5.74) is 3.24. The maximum atomic E-state index is 11.9. The van der Waals surface area contributed by atoms with Crippen molar-refractivity contribution in [2.75, 3.05) is 0 Å². The number of allylic oxidation sites excluding steroid dienone is 2. The lowest BCUT2D eigenvalue weighted by Crippen LogP contribution is -2.60. The van der Waals surface area contributed by atoms with E-state index in [4.69, 9.17) is 11.6 Å². The second kappa shape index (κ2) is 2.92. The van der Waals surface area contributed by atoms with E-state index in [1.54, 1.807) is 6.20 Å². The summed E-state index contributed by atoms with van der Waals surface area (Å²) in [5.74, 6) is -0.0386. The molecule has 0 spiro atoms. The first-order chi connectivity index (χ1) is 7.51. The molecule has 0 aromatic rings. The topological polar surface area (TPSA) is 41.1 Å². The van der Waals surface area contributed by atoms with Crippen LogP contribution in [0, 0.1) is 5.92 Å². The summed E-state index contributed by atoms with van der Waals surface area (Å²) in [7, 11) is 0. The maximum absolute atomic E-state index is 11.9. The molecule has 4 heteroatoms. The molecular weight excluding hydrogens is 224 g/mol. The van der Waals surface area contributed by atoms with Gasteiger partial charge in [-0.05, 0) is 25.5 Å². The normalized spacial score (nSPS) is 36.2. The van der Waals surface area contributed by atoms with Gasteiger partial charge in [-0.25, -0.2) is 0 Å². The molecule has 2 unspecified atom stereocenters. The molecule has 0 radical (unpaired) electrons. The molecule has 3 rings (SSSR count). The van der Waals surface area contributed by atoms with Crippen LogP contribution in [0.4, 0.5) is 0 Å². The highest BCUT2D eigenvalue weighted by Gasteiger charge is 2.50. The van der Waals surface area contributed by atoms with Crippen LogP contribution in [-0.4, -0.2) is 11.4 Å². The van der Waals surface area contributed by atoms with E-state index in [1.807, 2.05) is 13.0 Å². The van der Waals surface area contributed by atoms with Gasteiger partial charge in [0.05, 0.1) is 16.5 Å². The lowest BCUT2D eigenvalue weighted by Gasteiger charge is -2.49. The molecule has 0 bridgehead atoms. The van der Waals surface area contributed by atoms with Crippen molar-refractivity contribution < 1.29 is 4.79 Å². The minimum Gasteiger partial charge on any atom is -0.363 e. The van der Waals surface area contributed by atoms with Crippen molar-refractivity contribution in [2.24, 2.45) is 5.92 Å². The van der Waals surface area contributed by atoms with Crippen LogP contribution in [0.5, 0.6) is 0 Å². The molecule has 1 fully saturated rings. The Morgan fingerprint density at radius 2 is 2.31 bits per heavy atom. The van der Waals surface area contributed by atoms with Gasteiger partial charge in [-0.15, -0.1) is 0 Å². The van der Waals surface area contributed by atoms with E-state index in [0.29, 0.717) is 5.03 Å². The van der Waals surface area contributed by atoms with Crippen molar-refractivity contribution in [1.29, 1.82) is 0 Å². The largest absolute Gasteiger partial charge is 0.363 e. The van der Waals surface area contributed by atoms with E-state index < -0.39 is 0 Å². The Hall–Kier alpha value is -1.22. The van der Waals surface area contributed by atoms with Gasteiger partial charge >= 0.3 is 0 Å². The van der Waals surface area contributed by atoms with Gasteiger partial charge in [-0.2, -0.15) is 0 Å². The SMILES string of the molecule is CC1C(=O)NC2(C)CC3=C2C1=CC(Cl)=CN3. The number of amides is 1. The third kappa shape index (κ3) is 1.12. The van der Waals surface area contributed by atoms with Gasteiger partial charge in [0.15, 0.2) is 0 Å². The van der Waals surface area contributed by atoms with Crippen molar-refractivity contribution in [3.63, 3.8) is 0 Å². The second-order valence-corrected chi connectivity index (χ2v) is 5.28. The third-order valence-corrected chi connectivity index (χ3v) is 3.83. The number of carbonyl (C=O) groups excluding carboxylic acids is 1. The summed E-state index contributed by atoms with van der Waals surface area (Å²) in [6, 6.07) is 0. The highest BCUT2D eigenvalue weighted by atomic mass is 35.5. The summed E-state index contributed by atoms with van der Waals surface area (Å²) in [6.45, 7) is 3.98. The van der Waals surface area contributed by atoms with Crippen LogP contribution < -0.4 is 10.6 Å². The second-order valence-electron chi connectivity index (χ2n) is 4.85. The highest BCUT2D eigenvalue weighted by Crippen LogP contribution is 2.48. The molecule has 2 aliphatic heterocycles. The number of carbonyl (C=O) groups is 1. The Bertz CT molecular complexity index is 489. The van der Waals surface area contributed by atoms with Crippen LogP contribution in [0.3, 0.4) is 0 Å². The first kappa shape index (κ1) is 9.97. The fourth-order valence-corrected chi connectivity index (χ4v) is 2.93. The molecule has 1 saturated heterocycles. The van der Waals surface area contributed by atoms with Crippen LogP contribution in [-0.2, 0) is 4.79 Å². The minimum atomic E-state index is -0.201. The summed E-state index contributed by atoms with van der Waals surface area (Å²) in [6.07, 6.45) is 4.53. The molecule has 0 aromatic heterocycles. The molecule has 2 heterocycles. The van der Waals surface area contributed by atoms with Crippen molar-refractivity contribution in [1.82, 2.24) is 10.6 Å².